The fourth-order valence-corrected chi connectivity index (χ4v) is 6.86. The first kappa shape index (κ1) is 34.4. The van der Waals surface area contributed by atoms with E-state index >= 15 is 0 Å². The van der Waals surface area contributed by atoms with Gasteiger partial charge in [-0.05, 0) is 25.7 Å². The molecule has 0 unspecified atom stereocenters. The van der Waals surface area contributed by atoms with Crippen molar-refractivity contribution in [3.63, 3.8) is 0 Å². The Bertz CT molecular complexity index is 1490. The molecule has 2 aromatic rings. The number of rotatable bonds is 11. The molecule has 0 aromatic heterocycles. The van der Waals surface area contributed by atoms with Crippen LogP contribution in [0.5, 0.6) is 0 Å². The normalized spacial score (nSPS) is 15.0. The van der Waals surface area contributed by atoms with Crippen LogP contribution in [0.3, 0.4) is 0 Å². The van der Waals surface area contributed by atoms with Crippen LogP contribution in [-0.4, -0.2) is 58.6 Å². The zero-order valence-corrected chi connectivity index (χ0v) is 28.1. The number of carbonyl (C=O) groups is 5. The minimum atomic E-state index is -1.37. The molecule has 0 bridgehead atoms. The molecule has 0 fully saturated rings. The summed E-state index contributed by atoms with van der Waals surface area (Å²) in [5, 5.41) is -1.66. The van der Waals surface area contributed by atoms with Crippen molar-refractivity contribution in [1.82, 2.24) is 9.80 Å². The molecule has 0 saturated carbocycles. The van der Waals surface area contributed by atoms with E-state index in [1.165, 1.54) is 0 Å². The molecule has 230 valence electrons. The summed E-state index contributed by atoms with van der Waals surface area (Å²) in [4.78, 5) is 67.8. The van der Waals surface area contributed by atoms with Gasteiger partial charge in [0.05, 0.1) is 69.0 Å². The smallest absolute Gasteiger partial charge is 0.329 e. The molecule has 2 aliphatic heterocycles. The average Bonchev–Trinajstić information content (AvgIpc) is 3.38. The zero-order valence-electron chi connectivity index (χ0n) is 22.1. The molecular formula is C27H20Cl8N2O6. The van der Waals surface area contributed by atoms with E-state index in [1.807, 2.05) is 6.92 Å². The molecule has 0 radical (unpaired) electrons. The van der Waals surface area contributed by atoms with Crippen LogP contribution in [0.25, 0.3) is 0 Å². The number of hydrogen-bond acceptors (Lipinski definition) is 6. The zero-order chi connectivity index (χ0) is 31.9. The summed E-state index contributed by atoms with van der Waals surface area (Å²) in [5.74, 6) is -4.02. The Hall–Kier alpha value is -1.49. The van der Waals surface area contributed by atoms with Crippen molar-refractivity contribution in [2.24, 2.45) is 0 Å². The maximum Gasteiger partial charge on any atom is 0.329 e. The number of fused-ring (bicyclic) bond motifs is 2. The lowest BCUT2D eigenvalue weighted by Gasteiger charge is -2.25. The highest BCUT2D eigenvalue weighted by atomic mass is 35.5. The van der Waals surface area contributed by atoms with Crippen molar-refractivity contribution in [1.29, 1.82) is 0 Å². The maximum atomic E-state index is 13.4. The van der Waals surface area contributed by atoms with Gasteiger partial charge < -0.3 is 4.74 Å². The third kappa shape index (κ3) is 6.07. The number of esters is 1. The summed E-state index contributed by atoms with van der Waals surface area (Å²) >= 11 is 49.2. The second kappa shape index (κ2) is 13.9. The molecule has 1 atom stereocenters. The Morgan fingerprint density at radius 1 is 0.605 bits per heavy atom. The molecule has 43 heavy (non-hydrogen) atoms. The van der Waals surface area contributed by atoms with Crippen LogP contribution >= 0.6 is 92.8 Å². The third-order valence-corrected chi connectivity index (χ3v) is 10.6. The minimum absolute atomic E-state index is 0.0723. The summed E-state index contributed by atoms with van der Waals surface area (Å²) in [6.07, 6.45) is 2.53. The predicted octanol–water partition coefficient (Wildman–Crippen LogP) is 9.08. The van der Waals surface area contributed by atoms with E-state index < -0.39 is 35.6 Å². The van der Waals surface area contributed by atoms with E-state index in [-0.39, 0.29) is 94.8 Å². The Morgan fingerprint density at radius 3 is 1.44 bits per heavy atom. The molecule has 0 N–H and O–H groups in total. The van der Waals surface area contributed by atoms with Gasteiger partial charge in [-0.2, -0.15) is 0 Å². The lowest BCUT2D eigenvalue weighted by molar-refractivity contribution is -0.148. The van der Waals surface area contributed by atoms with Gasteiger partial charge in [-0.3, -0.25) is 29.0 Å². The van der Waals surface area contributed by atoms with E-state index in [1.54, 1.807) is 0 Å². The van der Waals surface area contributed by atoms with Gasteiger partial charge in [0.25, 0.3) is 23.6 Å². The molecular weight excluding hydrogens is 732 g/mol. The lowest BCUT2D eigenvalue weighted by Crippen LogP contribution is -2.46. The fourth-order valence-electron chi connectivity index (χ4n) is 4.83. The molecule has 4 rings (SSSR count). The molecule has 0 saturated heterocycles. The van der Waals surface area contributed by atoms with E-state index in [0.29, 0.717) is 6.42 Å². The van der Waals surface area contributed by atoms with Crippen LogP contribution in [-0.2, 0) is 9.53 Å². The fraction of sp³-hybridized carbons (Fsp3) is 0.370. The first-order chi connectivity index (χ1) is 20.3. The van der Waals surface area contributed by atoms with Crippen molar-refractivity contribution >= 4 is 122 Å². The SMILES string of the molecule is CCCCCOC(=O)[C@@H](CCCCN1C(=O)c2c(Cl)c(Cl)c(Cl)c(Cl)c2C1=O)N1C(=O)c2c(Cl)c(Cl)c(Cl)c(Cl)c2C1=O. The molecule has 0 aliphatic carbocycles. The number of benzene rings is 2. The van der Waals surface area contributed by atoms with Crippen molar-refractivity contribution in [3.8, 4) is 0 Å². The van der Waals surface area contributed by atoms with Crippen LogP contribution in [0.2, 0.25) is 40.2 Å². The highest BCUT2D eigenvalue weighted by Crippen LogP contribution is 2.46. The molecule has 4 amide bonds. The summed E-state index contributed by atoms with van der Waals surface area (Å²) in [7, 11) is 0. The highest BCUT2D eigenvalue weighted by molar-refractivity contribution is 6.56. The van der Waals surface area contributed by atoms with Gasteiger partial charge in [-0.1, -0.05) is 113 Å². The third-order valence-electron chi connectivity index (χ3n) is 7.00. The van der Waals surface area contributed by atoms with Crippen LogP contribution in [0.1, 0.15) is 86.9 Å². The van der Waals surface area contributed by atoms with E-state index in [4.69, 9.17) is 97.5 Å². The van der Waals surface area contributed by atoms with Crippen LogP contribution < -0.4 is 0 Å². The Kier molecular flexibility index (Phi) is 11.1. The van der Waals surface area contributed by atoms with Crippen molar-refractivity contribution in [2.45, 2.75) is 51.5 Å². The second-order valence-electron chi connectivity index (χ2n) is 9.64. The van der Waals surface area contributed by atoms with Crippen molar-refractivity contribution in [2.75, 3.05) is 13.2 Å². The Balaban J connectivity index is 1.54. The van der Waals surface area contributed by atoms with Gasteiger partial charge >= 0.3 is 5.97 Å². The quantitative estimate of drug-likeness (QED) is 0.0747. The number of carbonyl (C=O) groups excluding carboxylic acids is 5. The van der Waals surface area contributed by atoms with E-state index in [9.17, 15) is 24.0 Å². The average molecular weight is 752 g/mol. The number of nitrogens with zero attached hydrogens (tertiary/aromatic N) is 2. The van der Waals surface area contributed by atoms with Gasteiger partial charge in [0, 0.05) is 6.54 Å². The van der Waals surface area contributed by atoms with Crippen LogP contribution in [0, 0.1) is 0 Å². The number of amides is 4. The summed E-state index contributed by atoms with van der Waals surface area (Å²) in [5.41, 5.74) is -0.854. The minimum Gasteiger partial charge on any atom is -0.464 e. The summed E-state index contributed by atoms with van der Waals surface area (Å²) in [6.45, 7) is 1.96. The predicted molar refractivity (Wildman–Crippen MR) is 167 cm³/mol. The first-order valence-electron chi connectivity index (χ1n) is 12.9. The van der Waals surface area contributed by atoms with Crippen LogP contribution in [0.4, 0.5) is 0 Å². The standard InChI is InChI=1S/C27H20Cl8N2O6/c1-2-3-6-9-43-27(42)10(37-25(40)13-14(26(37)41)18(31)22(35)21(34)17(13)30)7-4-5-8-36-23(38)11-12(24(36)39)16(29)20(33)19(32)15(11)28/h10H,2-9H2,1H3/t10-/m1/s1. The van der Waals surface area contributed by atoms with Gasteiger partial charge in [0.15, 0.2) is 0 Å². The largest absolute Gasteiger partial charge is 0.464 e. The highest BCUT2D eigenvalue weighted by Gasteiger charge is 2.47. The number of ether oxygens (including phenoxy) is 1. The maximum absolute atomic E-state index is 13.4. The van der Waals surface area contributed by atoms with Gasteiger partial charge in [0.2, 0.25) is 0 Å². The molecule has 8 nitrogen and oxygen atoms in total. The lowest BCUT2D eigenvalue weighted by atomic mass is 10.1. The number of imide groups is 2. The summed E-state index contributed by atoms with van der Waals surface area (Å²) < 4.78 is 5.40. The number of halogens is 8. The van der Waals surface area contributed by atoms with Gasteiger partial charge in [0.1, 0.15) is 6.04 Å². The molecule has 2 heterocycles. The van der Waals surface area contributed by atoms with Gasteiger partial charge in [-0.25, -0.2) is 4.79 Å². The van der Waals surface area contributed by atoms with Crippen molar-refractivity contribution < 1.29 is 28.7 Å². The molecule has 0 spiro atoms. The monoisotopic (exact) mass is 748 g/mol. The Labute approximate surface area is 286 Å². The number of unbranched alkanes of at least 4 members (excludes halogenated alkanes) is 3. The van der Waals surface area contributed by atoms with Crippen LogP contribution in [0.15, 0.2) is 0 Å². The first-order valence-corrected chi connectivity index (χ1v) is 15.9. The Morgan fingerprint density at radius 2 is 1.02 bits per heavy atom. The summed E-state index contributed by atoms with van der Waals surface area (Å²) in [6, 6.07) is -1.37. The van der Waals surface area contributed by atoms with E-state index in [0.717, 1.165) is 22.6 Å². The topological polar surface area (TPSA) is 101 Å². The molecule has 2 aromatic carbocycles. The van der Waals surface area contributed by atoms with E-state index in [2.05, 4.69) is 0 Å². The number of hydrogen-bond donors (Lipinski definition) is 0. The second-order valence-corrected chi connectivity index (χ2v) is 12.7. The molecule has 2 aliphatic rings. The van der Waals surface area contributed by atoms with Gasteiger partial charge in [-0.15, -0.1) is 0 Å². The molecule has 16 heteroatoms. The van der Waals surface area contributed by atoms with Crippen molar-refractivity contribution in [3.05, 3.63) is 62.4 Å².